The minimum Gasteiger partial charge on any atom is -0.192 e. The van der Waals surface area contributed by atoms with Gasteiger partial charge in [-0.2, -0.15) is 5.26 Å². The first-order chi connectivity index (χ1) is 13.7. The Balaban J connectivity index is 1.52. The van der Waals surface area contributed by atoms with E-state index in [0.29, 0.717) is 0 Å². The molecule has 0 radical (unpaired) electrons. The van der Waals surface area contributed by atoms with E-state index in [2.05, 4.69) is 50.2 Å². The van der Waals surface area contributed by atoms with Crippen LogP contribution in [0, 0.1) is 24.2 Å². The Bertz CT molecular complexity index is 773. The van der Waals surface area contributed by atoms with E-state index in [-0.39, 0.29) is 0 Å². The quantitative estimate of drug-likeness (QED) is 0.439. The maximum Gasteiger partial charge on any atom is 0.0991 e. The largest absolute Gasteiger partial charge is 0.192 e. The summed E-state index contributed by atoms with van der Waals surface area (Å²) < 4.78 is 0. The van der Waals surface area contributed by atoms with E-state index in [1.54, 1.807) is 5.56 Å². The molecule has 0 aromatic heterocycles. The van der Waals surface area contributed by atoms with Crippen molar-refractivity contribution in [2.75, 3.05) is 0 Å². The average Bonchev–Trinajstić information content (AvgIpc) is 2.74. The first-order valence-corrected chi connectivity index (χ1v) is 11.3. The van der Waals surface area contributed by atoms with E-state index >= 15 is 0 Å². The predicted molar refractivity (Wildman–Crippen MR) is 119 cm³/mol. The van der Waals surface area contributed by atoms with Crippen LogP contribution in [0.2, 0.25) is 0 Å². The molecule has 3 rings (SSSR count). The molecular weight excluding hydrogens is 338 g/mol. The number of nitriles is 1. The Labute approximate surface area is 171 Å². The number of hydrogen-bond acceptors (Lipinski definition) is 1. The van der Waals surface area contributed by atoms with Crippen molar-refractivity contribution in [2.45, 2.75) is 84.0 Å². The lowest BCUT2D eigenvalue weighted by atomic mass is 9.76. The van der Waals surface area contributed by atoms with Gasteiger partial charge in [0, 0.05) is 0 Å². The zero-order valence-corrected chi connectivity index (χ0v) is 17.7. The van der Waals surface area contributed by atoms with Gasteiger partial charge in [0.1, 0.15) is 0 Å². The summed E-state index contributed by atoms with van der Waals surface area (Å²) in [7, 11) is 0. The molecule has 1 saturated carbocycles. The summed E-state index contributed by atoms with van der Waals surface area (Å²) in [4.78, 5) is 0. The third kappa shape index (κ3) is 5.71. The van der Waals surface area contributed by atoms with E-state index < -0.39 is 0 Å². The van der Waals surface area contributed by atoms with Crippen LogP contribution in [0.3, 0.4) is 0 Å². The van der Waals surface area contributed by atoms with Crippen LogP contribution in [0.4, 0.5) is 0 Å². The molecule has 1 aliphatic rings. The molecule has 0 aliphatic heterocycles. The van der Waals surface area contributed by atoms with Gasteiger partial charge < -0.3 is 0 Å². The van der Waals surface area contributed by atoms with Gasteiger partial charge in [0.15, 0.2) is 0 Å². The topological polar surface area (TPSA) is 23.8 Å². The zero-order chi connectivity index (χ0) is 19.8. The zero-order valence-electron chi connectivity index (χ0n) is 17.7. The lowest BCUT2D eigenvalue weighted by Crippen LogP contribution is -2.13. The molecule has 0 N–H and O–H groups in total. The van der Waals surface area contributed by atoms with E-state index in [9.17, 15) is 0 Å². The summed E-state index contributed by atoms with van der Waals surface area (Å²) in [6.45, 7) is 4.57. The standard InChI is InChI=1S/C27H35N/c1-3-4-5-6-22-12-15-26(16-13-22)27-18-17-25(21(2)19-27)14-11-23-7-9-24(20-28)10-8-23/h7-10,17-19,22,26H,3-6,11-16H2,1-2H3/t22-,26-. The molecular formula is C27H35N. The molecule has 2 aromatic carbocycles. The fourth-order valence-corrected chi connectivity index (χ4v) is 4.75. The van der Waals surface area contributed by atoms with Crippen molar-refractivity contribution in [3.8, 4) is 6.07 Å². The average molecular weight is 374 g/mol. The molecule has 1 aliphatic carbocycles. The van der Waals surface area contributed by atoms with Gasteiger partial charge in [-0.25, -0.2) is 0 Å². The molecule has 148 valence electrons. The molecule has 0 bridgehead atoms. The van der Waals surface area contributed by atoms with Crippen LogP contribution in [-0.2, 0) is 12.8 Å². The third-order valence-corrected chi connectivity index (χ3v) is 6.67. The number of hydrogen-bond donors (Lipinski definition) is 0. The number of unbranched alkanes of at least 4 members (excludes halogenated alkanes) is 2. The van der Waals surface area contributed by atoms with Crippen LogP contribution in [0.5, 0.6) is 0 Å². The predicted octanol–water partition coefficient (Wildman–Crippen LogP) is 7.51. The lowest BCUT2D eigenvalue weighted by molar-refractivity contribution is 0.302. The van der Waals surface area contributed by atoms with Crippen molar-refractivity contribution in [3.05, 3.63) is 70.3 Å². The molecule has 28 heavy (non-hydrogen) atoms. The summed E-state index contributed by atoms with van der Waals surface area (Å²) in [6.07, 6.45) is 13.3. The van der Waals surface area contributed by atoms with Gasteiger partial charge >= 0.3 is 0 Å². The second-order valence-electron chi connectivity index (χ2n) is 8.71. The maximum atomic E-state index is 8.92. The second-order valence-corrected chi connectivity index (χ2v) is 8.71. The van der Waals surface area contributed by atoms with E-state index in [0.717, 1.165) is 30.2 Å². The molecule has 0 spiro atoms. The number of benzene rings is 2. The van der Waals surface area contributed by atoms with Crippen molar-refractivity contribution in [2.24, 2.45) is 5.92 Å². The van der Waals surface area contributed by atoms with Gasteiger partial charge in [0.25, 0.3) is 0 Å². The minimum atomic E-state index is 0.740. The summed E-state index contributed by atoms with van der Waals surface area (Å²) >= 11 is 0. The molecule has 1 fully saturated rings. The SMILES string of the molecule is CCCCC[C@H]1CC[C@H](c2ccc(CCc3ccc(C#N)cc3)c(C)c2)CC1. The number of nitrogens with zero attached hydrogens (tertiary/aromatic N) is 1. The summed E-state index contributed by atoms with van der Waals surface area (Å²) in [6, 6.07) is 17.4. The van der Waals surface area contributed by atoms with E-state index in [4.69, 9.17) is 5.26 Å². The molecule has 2 aromatic rings. The van der Waals surface area contributed by atoms with Crippen LogP contribution < -0.4 is 0 Å². The Morgan fingerprint density at radius 1 is 0.929 bits per heavy atom. The highest BCUT2D eigenvalue weighted by atomic mass is 14.3. The van der Waals surface area contributed by atoms with Crippen molar-refractivity contribution in [1.82, 2.24) is 0 Å². The molecule has 1 nitrogen and oxygen atoms in total. The fraction of sp³-hybridized carbons (Fsp3) is 0.519. The van der Waals surface area contributed by atoms with Crippen LogP contribution in [0.1, 0.15) is 92.0 Å². The van der Waals surface area contributed by atoms with E-state index in [1.807, 2.05) is 12.1 Å². The molecule has 0 amide bonds. The lowest BCUT2D eigenvalue weighted by Gasteiger charge is -2.29. The first-order valence-electron chi connectivity index (χ1n) is 11.3. The van der Waals surface area contributed by atoms with Crippen LogP contribution >= 0.6 is 0 Å². The van der Waals surface area contributed by atoms with Crippen molar-refractivity contribution in [3.63, 3.8) is 0 Å². The van der Waals surface area contributed by atoms with Crippen LogP contribution in [0.25, 0.3) is 0 Å². The van der Waals surface area contributed by atoms with E-state index in [1.165, 1.54) is 68.1 Å². The van der Waals surface area contributed by atoms with Gasteiger partial charge in [-0.1, -0.05) is 62.9 Å². The van der Waals surface area contributed by atoms with Crippen molar-refractivity contribution in [1.29, 1.82) is 5.26 Å². The summed E-state index contributed by atoms with van der Waals surface area (Å²) in [5.74, 6) is 1.75. The molecule has 0 unspecified atom stereocenters. The Kier molecular flexibility index (Phi) is 7.72. The molecule has 0 atom stereocenters. The Hall–Kier alpha value is -2.07. The van der Waals surface area contributed by atoms with Gasteiger partial charge in [0.05, 0.1) is 11.6 Å². The van der Waals surface area contributed by atoms with Gasteiger partial charge in [0.2, 0.25) is 0 Å². The fourth-order valence-electron chi connectivity index (χ4n) is 4.75. The van der Waals surface area contributed by atoms with Crippen molar-refractivity contribution >= 4 is 0 Å². The van der Waals surface area contributed by atoms with Crippen molar-refractivity contribution < 1.29 is 0 Å². The highest BCUT2D eigenvalue weighted by Gasteiger charge is 2.22. The third-order valence-electron chi connectivity index (χ3n) is 6.67. The molecule has 1 heteroatoms. The van der Waals surface area contributed by atoms with Crippen LogP contribution in [0.15, 0.2) is 42.5 Å². The molecule has 0 heterocycles. The molecule has 0 saturated heterocycles. The Morgan fingerprint density at radius 2 is 1.68 bits per heavy atom. The summed E-state index contributed by atoms with van der Waals surface area (Å²) in [5, 5.41) is 8.92. The first kappa shape index (κ1) is 20.7. The Morgan fingerprint density at radius 3 is 2.32 bits per heavy atom. The maximum absolute atomic E-state index is 8.92. The minimum absolute atomic E-state index is 0.740. The van der Waals surface area contributed by atoms with Crippen LogP contribution in [-0.4, -0.2) is 0 Å². The van der Waals surface area contributed by atoms with Gasteiger partial charge in [-0.3, -0.25) is 0 Å². The number of rotatable bonds is 8. The highest BCUT2D eigenvalue weighted by Crippen LogP contribution is 2.38. The van der Waals surface area contributed by atoms with Gasteiger partial charge in [-0.15, -0.1) is 0 Å². The monoisotopic (exact) mass is 373 g/mol. The summed E-state index contributed by atoms with van der Waals surface area (Å²) in [5.41, 5.74) is 6.51. The number of aryl methyl sites for hydroxylation is 3. The normalized spacial score (nSPS) is 19.3. The van der Waals surface area contributed by atoms with Gasteiger partial charge in [-0.05, 0) is 91.7 Å². The second kappa shape index (κ2) is 10.5. The highest BCUT2D eigenvalue weighted by molar-refractivity contribution is 5.35. The smallest absolute Gasteiger partial charge is 0.0991 e.